The Morgan fingerprint density at radius 2 is 1.85 bits per heavy atom. The summed E-state index contributed by atoms with van der Waals surface area (Å²) in [4.78, 5) is 22.1. The van der Waals surface area contributed by atoms with Gasteiger partial charge in [0.2, 0.25) is 0 Å². The lowest BCUT2D eigenvalue weighted by atomic mass is 10.0. The number of alkyl halides is 3. The molecule has 33 heavy (non-hydrogen) atoms. The quantitative estimate of drug-likeness (QED) is 0.393. The molecular weight excluding hydrogens is 451 g/mol. The summed E-state index contributed by atoms with van der Waals surface area (Å²) in [6, 6.07) is 9.99. The Kier molecular flexibility index (Phi) is 7.29. The number of aliphatic hydroxyl groups excluding tert-OH is 1. The van der Waals surface area contributed by atoms with Crippen LogP contribution in [0, 0.1) is 0 Å². The Labute approximate surface area is 185 Å². The van der Waals surface area contributed by atoms with Crippen LogP contribution in [0.1, 0.15) is 24.2 Å². The molecule has 3 rings (SSSR count). The van der Waals surface area contributed by atoms with E-state index in [0.717, 1.165) is 11.6 Å². The third-order valence-electron chi connectivity index (χ3n) is 4.56. The molecule has 0 aromatic heterocycles. The second-order valence-corrected chi connectivity index (χ2v) is 7.15. The average molecular weight is 471 g/mol. The maximum Gasteiger partial charge on any atom is 0.573 e. The molecule has 0 radical (unpaired) electrons. The van der Waals surface area contributed by atoms with Gasteiger partial charge in [-0.1, -0.05) is 24.3 Å². The summed E-state index contributed by atoms with van der Waals surface area (Å²) in [5.74, 6) is -1.22. The number of hydrogen-bond acceptors (Lipinski definition) is 8. The van der Waals surface area contributed by atoms with Gasteiger partial charge in [0.05, 0.1) is 6.10 Å². The van der Waals surface area contributed by atoms with Crippen molar-refractivity contribution in [3.8, 4) is 17.2 Å². The van der Waals surface area contributed by atoms with Crippen LogP contribution in [-0.4, -0.2) is 47.6 Å². The molecule has 0 fully saturated rings. The lowest BCUT2D eigenvalue weighted by Crippen LogP contribution is -2.32. The minimum Gasteiger partial charge on any atom is -0.449 e. The van der Waals surface area contributed by atoms with Gasteiger partial charge >= 0.3 is 24.8 Å². The van der Waals surface area contributed by atoms with Crippen LogP contribution in [0.5, 0.6) is 17.2 Å². The van der Waals surface area contributed by atoms with Crippen LogP contribution in [0.3, 0.4) is 0 Å². The van der Waals surface area contributed by atoms with Gasteiger partial charge in [0.25, 0.3) is 0 Å². The highest BCUT2D eigenvalue weighted by Crippen LogP contribution is 2.36. The molecule has 1 aliphatic rings. The van der Waals surface area contributed by atoms with E-state index in [1.165, 1.54) is 18.2 Å². The molecule has 1 heterocycles. The molecular formula is C21H20F3NO8. The van der Waals surface area contributed by atoms with Crippen LogP contribution in [0.4, 0.5) is 18.0 Å². The number of carboxylic acid groups (broad SMARTS) is 1. The van der Waals surface area contributed by atoms with Crippen LogP contribution in [0.2, 0.25) is 0 Å². The van der Waals surface area contributed by atoms with Crippen LogP contribution >= 0.6 is 0 Å². The third-order valence-corrected chi connectivity index (χ3v) is 4.56. The van der Waals surface area contributed by atoms with Gasteiger partial charge in [-0.05, 0) is 37.1 Å². The summed E-state index contributed by atoms with van der Waals surface area (Å²) in [7, 11) is 0. The van der Waals surface area contributed by atoms with Crippen LogP contribution in [-0.2, 0) is 16.0 Å². The van der Waals surface area contributed by atoms with Gasteiger partial charge in [-0.15, -0.1) is 13.2 Å². The molecule has 0 amide bonds. The normalized spacial score (nSPS) is 16.7. The summed E-state index contributed by atoms with van der Waals surface area (Å²) in [6.07, 6.45) is -8.99. The maximum absolute atomic E-state index is 12.6. The zero-order valence-electron chi connectivity index (χ0n) is 17.2. The van der Waals surface area contributed by atoms with E-state index in [-0.39, 0.29) is 29.6 Å². The number of carbonyl (C=O) groups excluding carboxylic acids is 1. The number of halogens is 3. The number of aliphatic hydroxyl groups is 1. The van der Waals surface area contributed by atoms with E-state index in [1.54, 1.807) is 18.2 Å². The molecule has 0 aliphatic carbocycles. The summed E-state index contributed by atoms with van der Waals surface area (Å²) in [5, 5.41) is 21.9. The lowest BCUT2D eigenvalue weighted by molar-refractivity contribution is -0.275. The Hall–Kier alpha value is -3.51. The van der Waals surface area contributed by atoms with Crippen molar-refractivity contribution in [1.82, 2.24) is 5.32 Å². The third kappa shape index (κ3) is 6.73. The van der Waals surface area contributed by atoms with Gasteiger partial charge in [0.1, 0.15) is 5.75 Å². The molecule has 12 heteroatoms. The number of carbonyl (C=O) groups is 2. The fraction of sp³-hybridized carbons (Fsp3) is 0.333. The molecule has 1 aliphatic heterocycles. The number of benzene rings is 2. The molecule has 0 saturated heterocycles. The van der Waals surface area contributed by atoms with Crippen molar-refractivity contribution < 1.29 is 51.9 Å². The first-order valence-electron chi connectivity index (χ1n) is 9.69. The smallest absolute Gasteiger partial charge is 0.449 e. The first-order chi connectivity index (χ1) is 15.5. The molecule has 9 nitrogen and oxygen atoms in total. The molecule has 1 unspecified atom stereocenters. The minimum atomic E-state index is -4.88. The average Bonchev–Trinajstić information content (AvgIpc) is 3.14. The van der Waals surface area contributed by atoms with Crippen molar-refractivity contribution in [1.29, 1.82) is 0 Å². The fourth-order valence-electron chi connectivity index (χ4n) is 3.18. The molecule has 3 atom stereocenters. The molecule has 3 N–H and O–H groups in total. The highest BCUT2D eigenvalue weighted by molar-refractivity contribution is 5.84. The van der Waals surface area contributed by atoms with Crippen LogP contribution < -0.4 is 19.5 Å². The van der Waals surface area contributed by atoms with E-state index in [2.05, 4.69) is 14.8 Å². The predicted molar refractivity (Wildman–Crippen MR) is 105 cm³/mol. The number of rotatable bonds is 8. The van der Waals surface area contributed by atoms with Gasteiger partial charge in [0, 0.05) is 18.2 Å². The fourth-order valence-corrected chi connectivity index (χ4v) is 3.18. The number of fused-ring (bicyclic) bond motifs is 1. The zero-order valence-corrected chi connectivity index (χ0v) is 17.2. The SMILES string of the molecule is CC(Cc1ccc2c(c1)O[C@@H](C(=O)OC(=O)O)O2)NC[C@H](O)c1ccccc1OC(F)(F)F. The monoisotopic (exact) mass is 471 g/mol. The van der Waals surface area contributed by atoms with Gasteiger partial charge in [-0.2, -0.15) is 0 Å². The Morgan fingerprint density at radius 3 is 2.55 bits per heavy atom. The van der Waals surface area contributed by atoms with Crippen molar-refractivity contribution >= 4 is 12.1 Å². The standard InChI is InChI=1S/C21H20F3NO8/c1-11(25-10-14(26)13-4-2-3-5-15(13)33-21(22,23)24)8-12-6-7-16-17(9-12)31-19(30-16)18(27)32-20(28)29/h2-7,9,11,14,19,25-26H,8,10H2,1H3,(H,28,29)/t11?,14-,19-/m0/s1. The maximum atomic E-state index is 12.6. The lowest BCUT2D eigenvalue weighted by Gasteiger charge is -2.20. The summed E-state index contributed by atoms with van der Waals surface area (Å²) in [6.45, 7) is 1.77. The zero-order chi connectivity index (χ0) is 24.2. The molecule has 0 bridgehead atoms. The number of ether oxygens (including phenoxy) is 4. The second kappa shape index (κ2) is 9.96. The van der Waals surface area contributed by atoms with Crippen LogP contribution in [0.25, 0.3) is 0 Å². The first-order valence-corrected chi connectivity index (χ1v) is 9.69. The number of esters is 1. The van der Waals surface area contributed by atoms with E-state index in [0.29, 0.717) is 6.42 Å². The summed E-state index contributed by atoms with van der Waals surface area (Å²) < 4.78 is 56.2. The largest absolute Gasteiger partial charge is 0.573 e. The molecule has 0 spiro atoms. The first kappa shape index (κ1) is 24.1. The van der Waals surface area contributed by atoms with E-state index in [4.69, 9.17) is 14.6 Å². The number of para-hydroxylation sites is 1. The van der Waals surface area contributed by atoms with Crippen LogP contribution in [0.15, 0.2) is 42.5 Å². The highest BCUT2D eigenvalue weighted by Gasteiger charge is 2.34. The second-order valence-electron chi connectivity index (χ2n) is 7.15. The Balaban J connectivity index is 1.55. The topological polar surface area (TPSA) is 124 Å². The molecule has 178 valence electrons. The summed E-state index contributed by atoms with van der Waals surface area (Å²) >= 11 is 0. The summed E-state index contributed by atoms with van der Waals surface area (Å²) in [5.41, 5.74) is 0.761. The minimum absolute atomic E-state index is 0.00288. The van der Waals surface area contributed by atoms with E-state index < -0.39 is 36.6 Å². The van der Waals surface area contributed by atoms with Gasteiger partial charge in [-0.25, -0.2) is 9.59 Å². The Bertz CT molecular complexity index is 1010. The Morgan fingerprint density at radius 1 is 1.15 bits per heavy atom. The predicted octanol–water partition coefficient (Wildman–Crippen LogP) is 3.16. The molecule has 2 aromatic rings. The highest BCUT2D eigenvalue weighted by atomic mass is 19.4. The van der Waals surface area contributed by atoms with E-state index >= 15 is 0 Å². The number of hydrogen-bond donors (Lipinski definition) is 3. The van der Waals surface area contributed by atoms with E-state index in [9.17, 15) is 27.9 Å². The molecule has 0 saturated carbocycles. The number of nitrogens with one attached hydrogen (secondary N) is 1. The van der Waals surface area contributed by atoms with Gasteiger partial charge < -0.3 is 34.5 Å². The van der Waals surface area contributed by atoms with E-state index in [1.807, 2.05) is 6.92 Å². The van der Waals surface area contributed by atoms with Crippen molar-refractivity contribution in [2.24, 2.45) is 0 Å². The van der Waals surface area contributed by atoms with Crippen molar-refractivity contribution in [2.75, 3.05) is 6.54 Å². The van der Waals surface area contributed by atoms with Crippen molar-refractivity contribution in [3.63, 3.8) is 0 Å². The molecule has 2 aromatic carbocycles. The van der Waals surface area contributed by atoms with Gasteiger partial charge in [-0.3, -0.25) is 0 Å². The van der Waals surface area contributed by atoms with Crippen molar-refractivity contribution in [3.05, 3.63) is 53.6 Å². The van der Waals surface area contributed by atoms with Crippen molar-refractivity contribution in [2.45, 2.75) is 38.1 Å². The van der Waals surface area contributed by atoms with Gasteiger partial charge in [0.15, 0.2) is 11.5 Å².